The molecule has 2 heterocycles. The van der Waals surface area contributed by atoms with E-state index in [0.717, 1.165) is 33.4 Å². The topological polar surface area (TPSA) is 276 Å². The molecule has 2 amide bonds. The molecule has 0 spiro atoms. The molecule has 0 unspecified atom stereocenters. The van der Waals surface area contributed by atoms with Gasteiger partial charge < -0.3 is 56.2 Å². The molecule has 0 fully saturated rings. The van der Waals surface area contributed by atoms with E-state index in [1.165, 1.54) is 0 Å². The SMILES string of the molecule is Cc1c(COc2nc(OCC(N)=O)c(CCC[C@@H](O)CC(=O)O)cc2Br)cccc1-c1cccc(COc2nc(OCC(N)=O)c(CNC[C@@H](O)CC(=O)O)cc2Br)c1C. The van der Waals surface area contributed by atoms with Crippen molar-refractivity contribution in [1.82, 2.24) is 15.3 Å². The maximum atomic E-state index is 11.5. The van der Waals surface area contributed by atoms with Crippen LogP contribution in [0.1, 0.15) is 59.1 Å². The number of carboxylic acids is 2. The highest BCUT2D eigenvalue weighted by atomic mass is 79.9. The molecule has 0 saturated heterocycles. The highest BCUT2D eigenvalue weighted by molar-refractivity contribution is 9.10. The lowest BCUT2D eigenvalue weighted by Crippen LogP contribution is -2.28. The number of ether oxygens (including phenoxy) is 4. The van der Waals surface area contributed by atoms with Crippen molar-refractivity contribution in [2.45, 2.75) is 77.9 Å². The standard InChI is InChI=1S/C41H47Br2N5O12/c1-22-25(18-57-40-32(42)12-24(38(47-40)59-20-34(44)51)6-3-9-28(49)14-36(53)54)7-4-10-30(22)31-11-5-8-26(23(31)2)19-58-41-33(43)13-27(39(48-41)60-21-35(45)52)16-46-17-29(50)15-37(55)56/h4-5,7-8,10-13,28-29,46,49-50H,3,6,9,14-21H2,1-2H3,(H2,44,51)(H2,45,52)(H,53,54)(H,55,56)/t28-,29+/m1/s1. The predicted molar refractivity (Wildman–Crippen MR) is 224 cm³/mol. The average Bonchev–Trinajstić information content (AvgIpc) is 3.16. The maximum Gasteiger partial charge on any atom is 0.306 e. The molecule has 2 atom stereocenters. The number of nitrogens with two attached hydrogens (primary N) is 2. The van der Waals surface area contributed by atoms with E-state index < -0.39 is 55.6 Å². The van der Waals surface area contributed by atoms with E-state index in [9.17, 15) is 29.4 Å². The molecule has 2 aromatic heterocycles. The number of aliphatic hydroxyl groups excluding tert-OH is 2. The van der Waals surface area contributed by atoms with Gasteiger partial charge >= 0.3 is 11.9 Å². The van der Waals surface area contributed by atoms with Crippen LogP contribution in [0.15, 0.2) is 57.5 Å². The summed E-state index contributed by atoms with van der Waals surface area (Å²) in [5.74, 6) is -3.01. The number of primary amides is 2. The zero-order valence-electron chi connectivity index (χ0n) is 32.9. The fourth-order valence-corrected chi connectivity index (χ4v) is 7.02. The van der Waals surface area contributed by atoms with Crippen LogP contribution in [0.25, 0.3) is 11.1 Å². The number of aryl methyl sites for hydroxylation is 1. The number of aliphatic hydroxyl groups is 2. The average molecular weight is 962 g/mol. The van der Waals surface area contributed by atoms with Crippen LogP contribution >= 0.6 is 31.9 Å². The van der Waals surface area contributed by atoms with E-state index in [4.69, 9.17) is 40.6 Å². The Bertz CT molecular complexity index is 2020. The lowest BCUT2D eigenvalue weighted by molar-refractivity contribution is -0.140. The first kappa shape index (κ1) is 47.3. The number of carbonyl (C=O) groups is 4. The number of rotatable bonds is 25. The van der Waals surface area contributed by atoms with Gasteiger partial charge in [-0.25, -0.2) is 0 Å². The number of aromatic nitrogens is 2. The fraction of sp³-hybridized carbons (Fsp3) is 0.366. The number of hydrogen-bond acceptors (Lipinski definition) is 13. The molecule has 2 aromatic carbocycles. The largest absolute Gasteiger partial charge is 0.481 e. The number of nitrogens with zero attached hydrogens (tertiary/aromatic N) is 2. The summed E-state index contributed by atoms with van der Waals surface area (Å²) in [7, 11) is 0. The molecule has 0 aliphatic heterocycles. The summed E-state index contributed by atoms with van der Waals surface area (Å²) in [4.78, 5) is 53.8. The van der Waals surface area contributed by atoms with Crippen molar-refractivity contribution in [3.63, 3.8) is 0 Å². The first-order valence-corrected chi connectivity index (χ1v) is 20.2. The second kappa shape index (κ2) is 22.9. The number of carboxylic acid groups (broad SMARTS) is 2. The Morgan fingerprint density at radius 2 is 1.15 bits per heavy atom. The zero-order chi connectivity index (χ0) is 43.9. The molecule has 0 radical (unpaired) electrons. The summed E-state index contributed by atoms with van der Waals surface area (Å²) in [6, 6.07) is 15.2. The number of hydrogen-bond donors (Lipinski definition) is 7. The third kappa shape index (κ3) is 14.4. The van der Waals surface area contributed by atoms with Crippen molar-refractivity contribution in [2.24, 2.45) is 11.5 Å². The van der Waals surface area contributed by atoms with Crippen molar-refractivity contribution in [2.75, 3.05) is 19.8 Å². The molecule has 0 aliphatic carbocycles. The van der Waals surface area contributed by atoms with Gasteiger partial charge in [0.05, 0.1) is 34.0 Å². The Morgan fingerprint density at radius 1 is 0.683 bits per heavy atom. The number of benzene rings is 2. The number of amides is 2. The van der Waals surface area contributed by atoms with Crippen molar-refractivity contribution >= 4 is 55.6 Å². The Kier molecular flexibility index (Phi) is 18.0. The zero-order valence-corrected chi connectivity index (χ0v) is 36.1. The second-order valence-electron chi connectivity index (χ2n) is 13.8. The molecule has 322 valence electrons. The van der Waals surface area contributed by atoms with Crippen LogP contribution in [0.2, 0.25) is 0 Å². The fourth-order valence-electron chi connectivity index (χ4n) is 6.06. The second-order valence-corrected chi connectivity index (χ2v) is 15.5. The van der Waals surface area contributed by atoms with Gasteiger partial charge in [0.2, 0.25) is 23.5 Å². The highest BCUT2D eigenvalue weighted by Crippen LogP contribution is 2.35. The van der Waals surface area contributed by atoms with E-state index in [-0.39, 0.29) is 62.7 Å². The minimum atomic E-state index is -1.13. The van der Waals surface area contributed by atoms with E-state index >= 15 is 0 Å². The van der Waals surface area contributed by atoms with Crippen LogP contribution in [0.4, 0.5) is 0 Å². The third-order valence-corrected chi connectivity index (χ3v) is 10.2. The molecular formula is C41H47Br2N5O12. The molecule has 60 heavy (non-hydrogen) atoms. The molecule has 0 saturated carbocycles. The maximum absolute atomic E-state index is 11.5. The number of halogens is 2. The first-order valence-electron chi connectivity index (χ1n) is 18.7. The molecular weight excluding hydrogens is 914 g/mol. The Hall–Kier alpha value is -5.34. The molecule has 9 N–H and O–H groups in total. The predicted octanol–water partition coefficient (Wildman–Crippen LogP) is 4.26. The number of nitrogens with one attached hydrogen (secondary N) is 1. The van der Waals surface area contributed by atoms with Crippen molar-refractivity contribution in [1.29, 1.82) is 0 Å². The van der Waals surface area contributed by atoms with E-state index in [0.29, 0.717) is 32.9 Å². The van der Waals surface area contributed by atoms with E-state index in [1.807, 2.05) is 50.2 Å². The van der Waals surface area contributed by atoms with Gasteiger partial charge in [0.1, 0.15) is 13.2 Å². The lowest BCUT2D eigenvalue weighted by Gasteiger charge is -2.18. The summed E-state index contributed by atoms with van der Waals surface area (Å²) in [5.41, 5.74) is 17.3. The number of pyridine rings is 2. The molecule has 4 rings (SSSR count). The van der Waals surface area contributed by atoms with Gasteiger partial charge in [0.25, 0.3) is 11.8 Å². The first-order chi connectivity index (χ1) is 28.5. The highest BCUT2D eigenvalue weighted by Gasteiger charge is 2.19. The van der Waals surface area contributed by atoms with Gasteiger partial charge in [-0.1, -0.05) is 36.4 Å². The summed E-state index contributed by atoms with van der Waals surface area (Å²) >= 11 is 7.01. The van der Waals surface area contributed by atoms with Crippen LogP contribution in [0, 0.1) is 13.8 Å². The lowest BCUT2D eigenvalue weighted by atomic mass is 9.92. The summed E-state index contributed by atoms with van der Waals surface area (Å²) in [5, 5.41) is 40.7. The van der Waals surface area contributed by atoms with E-state index in [2.05, 4.69) is 47.1 Å². The molecule has 17 nitrogen and oxygen atoms in total. The van der Waals surface area contributed by atoms with Crippen molar-refractivity contribution in [3.05, 3.63) is 90.9 Å². The molecule has 0 aliphatic rings. The number of aliphatic carboxylic acids is 2. The van der Waals surface area contributed by atoms with Crippen LogP contribution in [-0.4, -0.2) is 86.1 Å². The quantitative estimate of drug-likeness (QED) is 0.0489. The van der Waals surface area contributed by atoms with Gasteiger partial charge in [-0.3, -0.25) is 19.2 Å². The Labute approximate surface area is 362 Å². The smallest absolute Gasteiger partial charge is 0.306 e. The van der Waals surface area contributed by atoms with Crippen LogP contribution in [-0.2, 0) is 45.4 Å². The van der Waals surface area contributed by atoms with E-state index in [1.54, 1.807) is 12.1 Å². The van der Waals surface area contributed by atoms with Gasteiger partial charge in [0.15, 0.2) is 13.2 Å². The molecule has 19 heteroatoms. The molecule has 0 bridgehead atoms. The summed E-state index contributed by atoms with van der Waals surface area (Å²) in [6.45, 7) is 3.51. The van der Waals surface area contributed by atoms with Gasteiger partial charge in [-0.2, -0.15) is 9.97 Å². The van der Waals surface area contributed by atoms with Gasteiger partial charge in [-0.15, -0.1) is 0 Å². The van der Waals surface area contributed by atoms with Crippen molar-refractivity contribution < 1.29 is 58.6 Å². The summed E-state index contributed by atoms with van der Waals surface area (Å²) < 4.78 is 24.5. The minimum Gasteiger partial charge on any atom is -0.481 e. The van der Waals surface area contributed by atoms with Gasteiger partial charge in [0, 0.05) is 24.2 Å². The third-order valence-electron chi connectivity index (χ3n) is 9.08. The monoisotopic (exact) mass is 959 g/mol. The Balaban J connectivity index is 1.50. The van der Waals surface area contributed by atoms with Gasteiger partial charge in [-0.05, 0) is 110 Å². The normalized spacial score (nSPS) is 12.0. The van der Waals surface area contributed by atoms with Crippen LogP contribution in [0.5, 0.6) is 23.5 Å². The van der Waals surface area contributed by atoms with Crippen LogP contribution in [0.3, 0.4) is 0 Å². The minimum absolute atomic E-state index is 0.00431. The molecule has 4 aromatic rings. The van der Waals surface area contributed by atoms with Crippen LogP contribution < -0.4 is 35.7 Å². The Morgan fingerprint density at radius 3 is 1.63 bits per heavy atom. The number of carbonyl (C=O) groups excluding carboxylic acids is 2. The summed E-state index contributed by atoms with van der Waals surface area (Å²) in [6.07, 6.45) is -1.82. The van der Waals surface area contributed by atoms with Crippen molar-refractivity contribution in [3.8, 4) is 34.6 Å².